The molecule has 2 heterocycles. The van der Waals surface area contributed by atoms with Crippen molar-refractivity contribution in [3.63, 3.8) is 0 Å². The second-order valence-electron chi connectivity index (χ2n) is 5.80. The summed E-state index contributed by atoms with van der Waals surface area (Å²) >= 11 is 0. The molecule has 2 rings (SSSR count). The van der Waals surface area contributed by atoms with Crippen LogP contribution in [0.1, 0.15) is 25.1 Å². The zero-order chi connectivity index (χ0) is 13.7. The average molecular weight is 339 g/mol. The van der Waals surface area contributed by atoms with E-state index in [-0.39, 0.29) is 24.8 Å². The Morgan fingerprint density at radius 1 is 1.48 bits per heavy atom. The van der Waals surface area contributed by atoms with E-state index in [1.54, 1.807) is 0 Å². The van der Waals surface area contributed by atoms with Crippen molar-refractivity contribution >= 4 is 24.8 Å². The third-order valence-corrected chi connectivity index (χ3v) is 3.88. The summed E-state index contributed by atoms with van der Waals surface area (Å²) in [5.74, 6) is 1.13. The van der Waals surface area contributed by atoms with Gasteiger partial charge in [0.2, 0.25) is 0 Å². The van der Waals surface area contributed by atoms with Gasteiger partial charge in [-0.25, -0.2) is 4.98 Å². The highest BCUT2D eigenvalue weighted by molar-refractivity contribution is 5.85. The third-order valence-electron chi connectivity index (χ3n) is 3.88. The molecule has 1 aromatic heterocycles. The van der Waals surface area contributed by atoms with E-state index in [2.05, 4.69) is 26.8 Å². The molecule has 0 bridgehead atoms. The molecule has 0 aliphatic carbocycles. The molecule has 1 fully saturated rings. The molecule has 0 spiro atoms. The third kappa shape index (κ3) is 6.53. The van der Waals surface area contributed by atoms with Crippen molar-refractivity contribution in [1.29, 1.82) is 0 Å². The number of imidazole rings is 1. The predicted molar refractivity (Wildman–Crippen MR) is 90.6 cm³/mol. The van der Waals surface area contributed by atoms with Crippen LogP contribution in [0.4, 0.5) is 0 Å². The van der Waals surface area contributed by atoms with Crippen molar-refractivity contribution in [3.8, 4) is 0 Å². The lowest BCUT2D eigenvalue weighted by molar-refractivity contribution is -0.00974. The van der Waals surface area contributed by atoms with E-state index in [9.17, 15) is 5.11 Å². The van der Waals surface area contributed by atoms with Crippen LogP contribution in [-0.4, -0.2) is 58.4 Å². The molecule has 1 atom stereocenters. The van der Waals surface area contributed by atoms with Crippen LogP contribution in [0.15, 0.2) is 12.4 Å². The SMILES string of the molecule is CN(CCCc1nccn1C)CC1(O)CCCNC1.Cl.Cl. The van der Waals surface area contributed by atoms with Gasteiger partial charge >= 0.3 is 0 Å². The van der Waals surface area contributed by atoms with Crippen LogP contribution in [0.25, 0.3) is 0 Å². The summed E-state index contributed by atoms with van der Waals surface area (Å²) in [5, 5.41) is 13.7. The monoisotopic (exact) mass is 338 g/mol. The van der Waals surface area contributed by atoms with Gasteiger partial charge in [-0.05, 0) is 39.4 Å². The largest absolute Gasteiger partial charge is 0.387 e. The van der Waals surface area contributed by atoms with E-state index in [0.29, 0.717) is 0 Å². The molecule has 0 saturated carbocycles. The minimum Gasteiger partial charge on any atom is -0.387 e. The van der Waals surface area contributed by atoms with Gasteiger partial charge in [-0.1, -0.05) is 0 Å². The molecule has 7 heteroatoms. The number of piperidine rings is 1. The molecular formula is C14H28Cl2N4O. The van der Waals surface area contributed by atoms with Gasteiger partial charge in [-0.3, -0.25) is 0 Å². The topological polar surface area (TPSA) is 53.3 Å². The molecule has 1 aliphatic rings. The highest BCUT2D eigenvalue weighted by Crippen LogP contribution is 2.17. The number of aryl methyl sites for hydroxylation is 2. The Hall–Kier alpha value is -0.330. The Morgan fingerprint density at radius 3 is 2.81 bits per heavy atom. The number of nitrogens with zero attached hydrogens (tertiary/aromatic N) is 3. The average Bonchev–Trinajstić information content (AvgIpc) is 2.75. The molecule has 0 amide bonds. The van der Waals surface area contributed by atoms with Crippen LogP contribution < -0.4 is 5.32 Å². The van der Waals surface area contributed by atoms with Gasteiger partial charge in [0.1, 0.15) is 5.82 Å². The first kappa shape index (κ1) is 20.7. The number of aliphatic hydroxyl groups is 1. The van der Waals surface area contributed by atoms with Crippen molar-refractivity contribution in [2.45, 2.75) is 31.3 Å². The fourth-order valence-corrected chi connectivity index (χ4v) is 2.81. The second-order valence-corrected chi connectivity index (χ2v) is 5.80. The van der Waals surface area contributed by atoms with Gasteiger partial charge in [0.25, 0.3) is 0 Å². The first-order chi connectivity index (χ1) is 9.09. The normalized spacial score (nSPS) is 21.7. The fourth-order valence-electron chi connectivity index (χ4n) is 2.81. The number of β-amino-alcohol motifs (C(OH)–C–C–N with tert-alkyl or cyclic N) is 1. The first-order valence-corrected chi connectivity index (χ1v) is 7.17. The fraction of sp³-hybridized carbons (Fsp3) is 0.786. The Balaban J connectivity index is 0.00000200. The zero-order valence-corrected chi connectivity index (χ0v) is 14.5. The highest BCUT2D eigenvalue weighted by Gasteiger charge is 2.30. The van der Waals surface area contributed by atoms with Crippen molar-refractivity contribution < 1.29 is 5.11 Å². The summed E-state index contributed by atoms with van der Waals surface area (Å²) in [6.45, 7) is 3.50. The molecule has 21 heavy (non-hydrogen) atoms. The number of likely N-dealkylation sites (N-methyl/N-ethyl adjacent to an activating group) is 1. The standard InChI is InChI=1S/C14H26N4O.2ClH/c1-17(12-14(19)6-4-7-15-11-14)9-3-5-13-16-8-10-18(13)2;;/h8,10,15,19H,3-7,9,11-12H2,1-2H3;2*1H. The maximum absolute atomic E-state index is 10.4. The van der Waals surface area contributed by atoms with E-state index >= 15 is 0 Å². The second kappa shape index (κ2) is 9.64. The quantitative estimate of drug-likeness (QED) is 0.819. The summed E-state index contributed by atoms with van der Waals surface area (Å²) in [7, 11) is 4.12. The Labute approximate surface area is 139 Å². The van der Waals surface area contributed by atoms with Gasteiger partial charge in [0.05, 0.1) is 5.60 Å². The van der Waals surface area contributed by atoms with E-state index in [0.717, 1.165) is 57.7 Å². The van der Waals surface area contributed by atoms with Crippen LogP contribution in [-0.2, 0) is 13.5 Å². The van der Waals surface area contributed by atoms with Gasteiger partial charge in [0.15, 0.2) is 0 Å². The summed E-state index contributed by atoms with van der Waals surface area (Å²) in [4.78, 5) is 6.56. The molecule has 2 N–H and O–H groups in total. The Morgan fingerprint density at radius 2 is 2.24 bits per heavy atom. The van der Waals surface area contributed by atoms with Gasteiger partial charge < -0.3 is 19.9 Å². The van der Waals surface area contributed by atoms with E-state index in [4.69, 9.17) is 0 Å². The lowest BCUT2D eigenvalue weighted by atomic mass is 9.93. The number of hydrogen-bond donors (Lipinski definition) is 2. The van der Waals surface area contributed by atoms with Crippen LogP contribution in [0, 0.1) is 0 Å². The van der Waals surface area contributed by atoms with Crippen LogP contribution in [0.2, 0.25) is 0 Å². The lowest BCUT2D eigenvalue weighted by Gasteiger charge is -2.36. The van der Waals surface area contributed by atoms with Gasteiger partial charge in [-0.2, -0.15) is 0 Å². The predicted octanol–water partition coefficient (Wildman–Crippen LogP) is 1.24. The maximum Gasteiger partial charge on any atom is 0.108 e. The summed E-state index contributed by atoms with van der Waals surface area (Å²) in [5.41, 5.74) is -0.545. The zero-order valence-electron chi connectivity index (χ0n) is 12.9. The molecule has 124 valence electrons. The Kier molecular flexibility index (Phi) is 9.49. The van der Waals surface area contributed by atoms with Gasteiger partial charge in [0, 0.05) is 39.0 Å². The van der Waals surface area contributed by atoms with Crippen molar-refractivity contribution in [2.75, 3.05) is 33.2 Å². The molecule has 1 unspecified atom stereocenters. The lowest BCUT2D eigenvalue weighted by Crippen LogP contribution is -2.52. The number of halogens is 2. The summed E-state index contributed by atoms with van der Waals surface area (Å²) < 4.78 is 2.07. The number of rotatable bonds is 6. The molecule has 1 aliphatic heterocycles. The number of hydrogen-bond acceptors (Lipinski definition) is 4. The van der Waals surface area contributed by atoms with Crippen LogP contribution in [0.3, 0.4) is 0 Å². The molecule has 0 aromatic carbocycles. The van der Waals surface area contributed by atoms with E-state index in [1.165, 1.54) is 0 Å². The van der Waals surface area contributed by atoms with E-state index < -0.39 is 5.60 Å². The minimum absolute atomic E-state index is 0. The highest BCUT2D eigenvalue weighted by atomic mass is 35.5. The minimum atomic E-state index is -0.545. The number of nitrogens with one attached hydrogen (secondary N) is 1. The molecular weight excluding hydrogens is 311 g/mol. The molecule has 5 nitrogen and oxygen atoms in total. The first-order valence-electron chi connectivity index (χ1n) is 7.17. The summed E-state index contributed by atoms with van der Waals surface area (Å²) in [6.07, 6.45) is 7.86. The Bertz CT molecular complexity index is 394. The van der Waals surface area contributed by atoms with Crippen molar-refractivity contribution in [2.24, 2.45) is 7.05 Å². The van der Waals surface area contributed by atoms with Crippen molar-refractivity contribution in [1.82, 2.24) is 19.8 Å². The molecule has 1 aromatic rings. The van der Waals surface area contributed by atoms with Crippen LogP contribution in [0.5, 0.6) is 0 Å². The smallest absolute Gasteiger partial charge is 0.108 e. The van der Waals surface area contributed by atoms with Crippen LogP contribution >= 0.6 is 24.8 Å². The van der Waals surface area contributed by atoms with E-state index in [1.807, 2.05) is 19.4 Å². The molecule has 1 saturated heterocycles. The maximum atomic E-state index is 10.4. The molecule has 0 radical (unpaired) electrons. The number of aromatic nitrogens is 2. The summed E-state index contributed by atoms with van der Waals surface area (Å²) in [6, 6.07) is 0. The van der Waals surface area contributed by atoms with Gasteiger partial charge in [-0.15, -0.1) is 24.8 Å². The van der Waals surface area contributed by atoms with Crippen molar-refractivity contribution in [3.05, 3.63) is 18.2 Å².